The summed E-state index contributed by atoms with van der Waals surface area (Å²) in [6.45, 7) is 0. The SMILES string of the molecule is OC1(C(F)(F)F)CC(c2ccc(Cc3cn[nH]c3)cc2)=NO1. The molecule has 1 unspecified atom stereocenters. The van der Waals surface area contributed by atoms with Crippen LogP contribution in [0.5, 0.6) is 0 Å². The molecule has 5 nitrogen and oxygen atoms in total. The van der Waals surface area contributed by atoms with Gasteiger partial charge in [-0.1, -0.05) is 29.4 Å². The summed E-state index contributed by atoms with van der Waals surface area (Å²) in [4.78, 5) is 4.19. The highest BCUT2D eigenvalue weighted by Gasteiger charge is 2.60. The summed E-state index contributed by atoms with van der Waals surface area (Å²) in [6.07, 6.45) is -1.48. The van der Waals surface area contributed by atoms with E-state index in [0.717, 1.165) is 11.1 Å². The summed E-state index contributed by atoms with van der Waals surface area (Å²) in [5.41, 5.74) is 2.53. The molecule has 0 bridgehead atoms. The van der Waals surface area contributed by atoms with Gasteiger partial charge < -0.3 is 9.94 Å². The predicted molar refractivity (Wildman–Crippen MR) is 71.1 cm³/mol. The summed E-state index contributed by atoms with van der Waals surface area (Å²) < 4.78 is 38.0. The molecule has 0 amide bonds. The molecule has 1 atom stereocenters. The van der Waals surface area contributed by atoms with Gasteiger partial charge in [-0.15, -0.1) is 0 Å². The zero-order chi connectivity index (χ0) is 15.8. The third-order valence-corrected chi connectivity index (χ3v) is 3.41. The minimum Gasteiger partial charge on any atom is -0.350 e. The number of H-pyrrole nitrogens is 1. The predicted octanol–water partition coefficient (Wildman–Crippen LogP) is 2.38. The number of aliphatic hydroxyl groups is 1. The molecular formula is C14H12F3N3O2. The monoisotopic (exact) mass is 311 g/mol. The smallest absolute Gasteiger partial charge is 0.350 e. The summed E-state index contributed by atoms with van der Waals surface area (Å²) in [5.74, 6) is -3.24. The first-order valence-corrected chi connectivity index (χ1v) is 6.48. The van der Waals surface area contributed by atoms with Gasteiger partial charge in [-0.05, 0) is 16.7 Å². The lowest BCUT2D eigenvalue weighted by Crippen LogP contribution is -2.45. The van der Waals surface area contributed by atoms with Crippen molar-refractivity contribution >= 4 is 5.71 Å². The Bertz CT molecular complexity index is 680. The Kier molecular flexibility index (Phi) is 3.40. The van der Waals surface area contributed by atoms with Crippen LogP contribution in [0.4, 0.5) is 13.2 Å². The molecule has 0 aliphatic carbocycles. The van der Waals surface area contributed by atoms with E-state index in [2.05, 4.69) is 20.2 Å². The molecule has 8 heteroatoms. The van der Waals surface area contributed by atoms with Crippen LogP contribution < -0.4 is 0 Å². The normalized spacial score (nSPS) is 21.5. The second-order valence-corrected chi connectivity index (χ2v) is 5.07. The van der Waals surface area contributed by atoms with Gasteiger partial charge in [0.15, 0.2) is 0 Å². The number of nitrogens with one attached hydrogen (secondary N) is 1. The van der Waals surface area contributed by atoms with E-state index in [1.165, 1.54) is 0 Å². The van der Waals surface area contributed by atoms with Crippen molar-refractivity contribution in [1.82, 2.24) is 10.2 Å². The van der Waals surface area contributed by atoms with Crippen LogP contribution in [-0.2, 0) is 11.3 Å². The highest BCUT2D eigenvalue weighted by Crippen LogP contribution is 2.38. The molecule has 3 rings (SSSR count). The van der Waals surface area contributed by atoms with Crippen molar-refractivity contribution in [3.63, 3.8) is 0 Å². The quantitative estimate of drug-likeness (QED) is 0.914. The van der Waals surface area contributed by atoms with Crippen molar-refractivity contribution in [1.29, 1.82) is 0 Å². The number of nitrogens with zero attached hydrogens (tertiary/aromatic N) is 2. The van der Waals surface area contributed by atoms with Crippen LogP contribution in [0.2, 0.25) is 0 Å². The first-order chi connectivity index (χ1) is 10.4. The summed E-state index contributed by atoms with van der Waals surface area (Å²) in [6, 6.07) is 6.88. The molecule has 2 heterocycles. The molecular weight excluding hydrogens is 299 g/mol. The molecule has 0 saturated carbocycles. The van der Waals surface area contributed by atoms with E-state index < -0.39 is 18.4 Å². The lowest BCUT2D eigenvalue weighted by atomic mass is 10.00. The number of hydrogen-bond acceptors (Lipinski definition) is 4. The zero-order valence-electron chi connectivity index (χ0n) is 11.3. The first-order valence-electron chi connectivity index (χ1n) is 6.48. The van der Waals surface area contributed by atoms with Crippen molar-refractivity contribution in [3.05, 3.63) is 53.3 Å². The fourth-order valence-corrected chi connectivity index (χ4v) is 2.15. The molecule has 116 valence electrons. The Hall–Kier alpha value is -2.35. The Morgan fingerprint density at radius 3 is 2.50 bits per heavy atom. The number of aromatic nitrogens is 2. The van der Waals surface area contributed by atoms with Crippen molar-refractivity contribution < 1.29 is 23.1 Å². The second-order valence-electron chi connectivity index (χ2n) is 5.07. The number of oxime groups is 1. The molecule has 0 spiro atoms. The Labute approximate surface area is 123 Å². The lowest BCUT2D eigenvalue weighted by molar-refractivity contribution is -0.355. The summed E-state index contributed by atoms with van der Waals surface area (Å²) in [5, 5.41) is 19.3. The number of benzene rings is 1. The van der Waals surface area contributed by atoms with Crippen molar-refractivity contribution in [2.45, 2.75) is 24.8 Å². The van der Waals surface area contributed by atoms with Crippen molar-refractivity contribution in [2.75, 3.05) is 0 Å². The molecule has 0 saturated heterocycles. The lowest BCUT2D eigenvalue weighted by Gasteiger charge is -2.22. The van der Waals surface area contributed by atoms with Gasteiger partial charge in [0.1, 0.15) is 0 Å². The molecule has 2 N–H and O–H groups in total. The standard InChI is InChI=1S/C14H12F3N3O2/c15-14(16,17)13(21)6-12(20-22-13)11-3-1-9(2-4-11)5-10-7-18-19-8-10/h1-4,7-8,21H,5-6H2,(H,18,19). The maximum atomic E-state index is 12.7. The van der Waals surface area contributed by atoms with E-state index in [4.69, 9.17) is 0 Å². The zero-order valence-corrected chi connectivity index (χ0v) is 11.3. The average molecular weight is 311 g/mol. The fourth-order valence-electron chi connectivity index (χ4n) is 2.15. The van der Waals surface area contributed by atoms with Crippen LogP contribution in [0.1, 0.15) is 23.1 Å². The third-order valence-electron chi connectivity index (χ3n) is 3.41. The molecule has 0 radical (unpaired) electrons. The maximum Gasteiger partial charge on any atom is 0.458 e. The van der Waals surface area contributed by atoms with Crippen molar-refractivity contribution in [2.24, 2.45) is 5.16 Å². The van der Waals surface area contributed by atoms with Gasteiger partial charge in [-0.2, -0.15) is 18.3 Å². The minimum absolute atomic E-state index is 0.0645. The Balaban J connectivity index is 1.72. The highest BCUT2D eigenvalue weighted by atomic mass is 19.4. The van der Waals surface area contributed by atoms with E-state index in [1.807, 2.05) is 0 Å². The summed E-state index contributed by atoms with van der Waals surface area (Å²) in [7, 11) is 0. The number of rotatable bonds is 3. The van der Waals surface area contributed by atoms with Crippen LogP contribution in [0.15, 0.2) is 41.8 Å². The van der Waals surface area contributed by atoms with Gasteiger partial charge in [0.25, 0.3) is 0 Å². The van der Waals surface area contributed by atoms with E-state index in [-0.39, 0.29) is 5.71 Å². The Morgan fingerprint density at radius 2 is 1.95 bits per heavy atom. The van der Waals surface area contributed by atoms with Crippen molar-refractivity contribution in [3.8, 4) is 0 Å². The van der Waals surface area contributed by atoms with Gasteiger partial charge >= 0.3 is 12.0 Å². The number of hydrogen-bond donors (Lipinski definition) is 2. The first kappa shape index (κ1) is 14.6. The van der Waals surface area contributed by atoms with Crippen LogP contribution in [0.3, 0.4) is 0 Å². The molecule has 1 aromatic heterocycles. The summed E-state index contributed by atoms with van der Waals surface area (Å²) >= 11 is 0. The molecule has 1 aliphatic heterocycles. The molecule has 1 aliphatic rings. The molecule has 1 aromatic carbocycles. The van der Waals surface area contributed by atoms with Gasteiger partial charge in [0, 0.05) is 12.6 Å². The molecule has 2 aromatic rings. The van der Waals surface area contributed by atoms with Crippen LogP contribution in [-0.4, -0.2) is 33.0 Å². The van der Waals surface area contributed by atoms with Crippen LogP contribution in [0.25, 0.3) is 0 Å². The van der Waals surface area contributed by atoms with Gasteiger partial charge in [0.2, 0.25) is 0 Å². The number of halogens is 3. The number of aromatic amines is 1. The van der Waals surface area contributed by atoms with E-state index in [9.17, 15) is 18.3 Å². The number of alkyl halides is 3. The average Bonchev–Trinajstić information content (AvgIpc) is 3.09. The minimum atomic E-state index is -4.89. The van der Waals surface area contributed by atoms with Crippen LogP contribution in [0, 0.1) is 0 Å². The highest BCUT2D eigenvalue weighted by molar-refractivity contribution is 6.01. The second kappa shape index (κ2) is 5.13. The van der Waals surface area contributed by atoms with E-state index in [1.54, 1.807) is 36.7 Å². The fraction of sp³-hybridized carbons (Fsp3) is 0.286. The molecule has 22 heavy (non-hydrogen) atoms. The van der Waals surface area contributed by atoms with E-state index >= 15 is 0 Å². The maximum absolute atomic E-state index is 12.7. The van der Waals surface area contributed by atoms with Gasteiger partial charge in [-0.3, -0.25) is 5.10 Å². The molecule has 0 fully saturated rings. The largest absolute Gasteiger partial charge is 0.458 e. The van der Waals surface area contributed by atoms with Crippen LogP contribution >= 0.6 is 0 Å². The van der Waals surface area contributed by atoms with Gasteiger partial charge in [0.05, 0.1) is 18.3 Å². The third kappa shape index (κ3) is 2.69. The topological polar surface area (TPSA) is 70.5 Å². The van der Waals surface area contributed by atoms with E-state index in [0.29, 0.717) is 12.0 Å². The Morgan fingerprint density at radius 1 is 1.23 bits per heavy atom. The van der Waals surface area contributed by atoms with Gasteiger partial charge in [-0.25, -0.2) is 0 Å².